The number of alkyl carbamates (subject to hydrolysis) is 1. The first-order valence-corrected chi connectivity index (χ1v) is 6.46. The van der Waals surface area contributed by atoms with E-state index in [2.05, 4.69) is 21.2 Å². The first-order chi connectivity index (χ1) is 8.69. The zero-order valence-corrected chi connectivity index (χ0v) is 12.5. The average molecular weight is 330 g/mol. The Bertz CT molecular complexity index is 465. The number of ether oxygens (including phenoxy) is 1. The molecule has 1 amide bonds. The number of carbonyl (C=O) groups excluding carboxylic acids is 1. The Morgan fingerprint density at radius 3 is 2.21 bits per heavy atom. The Morgan fingerprint density at radius 1 is 1.26 bits per heavy atom. The van der Waals surface area contributed by atoms with E-state index in [-0.39, 0.29) is 0 Å². The van der Waals surface area contributed by atoms with Gasteiger partial charge in [0.05, 0.1) is 0 Å². The van der Waals surface area contributed by atoms with E-state index in [4.69, 9.17) is 9.84 Å². The molecule has 0 saturated carbocycles. The van der Waals surface area contributed by atoms with Crippen LogP contribution in [-0.2, 0) is 9.53 Å². The minimum absolute atomic E-state index is 0.474. The van der Waals surface area contributed by atoms with Gasteiger partial charge in [-0.2, -0.15) is 0 Å². The van der Waals surface area contributed by atoms with Crippen molar-refractivity contribution in [3.05, 3.63) is 34.3 Å². The number of benzene rings is 1. The van der Waals surface area contributed by atoms with E-state index in [1.54, 1.807) is 45.0 Å². The van der Waals surface area contributed by atoms with Crippen LogP contribution in [0.3, 0.4) is 0 Å². The van der Waals surface area contributed by atoms with Gasteiger partial charge >= 0.3 is 12.1 Å². The number of carboxylic acid groups (broad SMARTS) is 1. The van der Waals surface area contributed by atoms with Crippen molar-refractivity contribution in [1.29, 1.82) is 0 Å². The molecule has 0 fully saturated rings. The second-order valence-electron chi connectivity index (χ2n) is 4.97. The summed E-state index contributed by atoms with van der Waals surface area (Å²) in [6.07, 6.45) is -0.761. The van der Waals surface area contributed by atoms with Crippen molar-refractivity contribution < 1.29 is 19.4 Å². The largest absolute Gasteiger partial charge is 0.479 e. The topological polar surface area (TPSA) is 75.6 Å². The molecule has 104 valence electrons. The molecule has 0 saturated heterocycles. The number of amides is 1. The fraction of sp³-hybridized carbons (Fsp3) is 0.385. The SMILES string of the molecule is CC(C)(C)OC(=O)N[C@@H](C(=O)O)c1ccc(Br)cc1. The highest BCUT2D eigenvalue weighted by Gasteiger charge is 2.25. The summed E-state index contributed by atoms with van der Waals surface area (Å²) >= 11 is 3.26. The molecule has 6 heteroatoms. The summed E-state index contributed by atoms with van der Waals surface area (Å²) in [6.45, 7) is 5.13. The van der Waals surface area contributed by atoms with Crippen LogP contribution in [0.2, 0.25) is 0 Å². The van der Waals surface area contributed by atoms with Gasteiger partial charge in [0.1, 0.15) is 5.60 Å². The second-order valence-corrected chi connectivity index (χ2v) is 5.88. The minimum atomic E-state index is -1.15. The van der Waals surface area contributed by atoms with E-state index in [1.807, 2.05) is 0 Å². The van der Waals surface area contributed by atoms with Crippen molar-refractivity contribution in [1.82, 2.24) is 5.32 Å². The van der Waals surface area contributed by atoms with Crippen molar-refractivity contribution in [3.8, 4) is 0 Å². The van der Waals surface area contributed by atoms with Gasteiger partial charge in [-0.25, -0.2) is 9.59 Å². The van der Waals surface area contributed by atoms with Gasteiger partial charge in [0.25, 0.3) is 0 Å². The van der Waals surface area contributed by atoms with Crippen LogP contribution in [0.25, 0.3) is 0 Å². The van der Waals surface area contributed by atoms with Crippen LogP contribution in [0.1, 0.15) is 32.4 Å². The molecule has 1 aromatic carbocycles. The number of halogens is 1. The fourth-order valence-electron chi connectivity index (χ4n) is 1.37. The molecule has 0 unspecified atom stereocenters. The smallest absolute Gasteiger partial charge is 0.408 e. The first-order valence-electron chi connectivity index (χ1n) is 5.67. The summed E-state index contributed by atoms with van der Waals surface area (Å²) in [7, 11) is 0. The van der Waals surface area contributed by atoms with Crippen molar-refractivity contribution in [3.63, 3.8) is 0 Å². The number of aliphatic carboxylic acids is 1. The Labute approximate surface area is 120 Å². The maximum absolute atomic E-state index is 11.6. The molecule has 0 aromatic heterocycles. The number of carbonyl (C=O) groups is 2. The van der Waals surface area contributed by atoms with Gasteiger partial charge in [0, 0.05) is 4.47 Å². The first kappa shape index (κ1) is 15.5. The molecule has 2 N–H and O–H groups in total. The lowest BCUT2D eigenvalue weighted by Crippen LogP contribution is -2.38. The lowest BCUT2D eigenvalue weighted by Gasteiger charge is -2.22. The summed E-state index contributed by atoms with van der Waals surface area (Å²) in [5, 5.41) is 11.5. The van der Waals surface area contributed by atoms with Gasteiger partial charge in [-0.15, -0.1) is 0 Å². The predicted molar refractivity (Wildman–Crippen MR) is 73.9 cm³/mol. The van der Waals surface area contributed by atoms with Crippen LogP contribution in [-0.4, -0.2) is 22.8 Å². The van der Waals surface area contributed by atoms with Crippen LogP contribution >= 0.6 is 15.9 Å². The summed E-state index contributed by atoms with van der Waals surface area (Å²) in [4.78, 5) is 22.8. The molecule has 0 aliphatic heterocycles. The highest BCUT2D eigenvalue weighted by Crippen LogP contribution is 2.18. The van der Waals surface area contributed by atoms with Crippen LogP contribution in [0.5, 0.6) is 0 Å². The third-order valence-electron chi connectivity index (χ3n) is 2.11. The Hall–Kier alpha value is -1.56. The molecule has 1 atom stereocenters. The van der Waals surface area contributed by atoms with Gasteiger partial charge in [-0.1, -0.05) is 28.1 Å². The van der Waals surface area contributed by atoms with Crippen LogP contribution in [0.15, 0.2) is 28.7 Å². The third kappa shape index (κ3) is 5.30. The Morgan fingerprint density at radius 2 is 1.79 bits per heavy atom. The molecule has 0 heterocycles. The molecule has 0 aliphatic rings. The molecular formula is C13H16BrNO4. The molecule has 0 radical (unpaired) electrons. The maximum atomic E-state index is 11.6. The number of hydrogen-bond donors (Lipinski definition) is 2. The standard InChI is InChI=1S/C13H16BrNO4/c1-13(2,3)19-12(18)15-10(11(16)17)8-4-6-9(14)7-5-8/h4-7,10H,1-3H3,(H,15,18)(H,16,17)/t10-/m1/s1. The monoisotopic (exact) mass is 329 g/mol. The molecule has 0 bridgehead atoms. The molecule has 5 nitrogen and oxygen atoms in total. The number of hydrogen-bond acceptors (Lipinski definition) is 3. The second kappa shape index (κ2) is 6.06. The molecule has 0 aliphatic carbocycles. The van der Waals surface area contributed by atoms with Crippen molar-refractivity contribution >= 4 is 28.0 Å². The van der Waals surface area contributed by atoms with Gasteiger partial charge < -0.3 is 15.2 Å². The Balaban J connectivity index is 2.82. The normalized spacial score (nSPS) is 12.6. The van der Waals surface area contributed by atoms with E-state index in [1.165, 1.54) is 0 Å². The van der Waals surface area contributed by atoms with Gasteiger partial charge in [0.2, 0.25) is 0 Å². The maximum Gasteiger partial charge on any atom is 0.408 e. The molecule has 19 heavy (non-hydrogen) atoms. The van der Waals surface area contributed by atoms with Crippen LogP contribution < -0.4 is 5.32 Å². The summed E-state index contributed by atoms with van der Waals surface area (Å²) < 4.78 is 5.87. The predicted octanol–water partition coefficient (Wildman–Crippen LogP) is 3.10. The zero-order valence-electron chi connectivity index (χ0n) is 10.9. The van der Waals surface area contributed by atoms with E-state index in [0.29, 0.717) is 5.56 Å². The summed E-state index contributed by atoms with van der Waals surface area (Å²) in [6, 6.07) is 5.54. The average Bonchev–Trinajstić information content (AvgIpc) is 2.24. The Kier molecular flexibility index (Phi) is 4.94. The minimum Gasteiger partial charge on any atom is -0.479 e. The highest BCUT2D eigenvalue weighted by molar-refractivity contribution is 9.10. The number of nitrogens with one attached hydrogen (secondary N) is 1. The highest BCUT2D eigenvalue weighted by atomic mass is 79.9. The van der Waals surface area contributed by atoms with Crippen LogP contribution in [0.4, 0.5) is 4.79 Å². The molecule has 1 aromatic rings. The number of carboxylic acids is 1. The number of rotatable bonds is 3. The van der Waals surface area contributed by atoms with Gasteiger partial charge in [-0.3, -0.25) is 0 Å². The quantitative estimate of drug-likeness (QED) is 0.893. The third-order valence-corrected chi connectivity index (χ3v) is 2.64. The lowest BCUT2D eigenvalue weighted by atomic mass is 10.1. The van der Waals surface area contributed by atoms with Crippen molar-refractivity contribution in [2.45, 2.75) is 32.4 Å². The molecule has 0 spiro atoms. The summed E-state index contributed by atoms with van der Waals surface area (Å²) in [5.74, 6) is -1.15. The van der Waals surface area contributed by atoms with E-state index in [0.717, 1.165) is 4.47 Å². The molecular weight excluding hydrogens is 314 g/mol. The summed E-state index contributed by atoms with van der Waals surface area (Å²) in [5.41, 5.74) is -0.200. The van der Waals surface area contributed by atoms with E-state index >= 15 is 0 Å². The van der Waals surface area contributed by atoms with E-state index < -0.39 is 23.7 Å². The van der Waals surface area contributed by atoms with Crippen LogP contribution in [0, 0.1) is 0 Å². The van der Waals surface area contributed by atoms with E-state index in [9.17, 15) is 9.59 Å². The zero-order chi connectivity index (χ0) is 14.6. The lowest BCUT2D eigenvalue weighted by molar-refractivity contribution is -0.139. The molecule has 1 rings (SSSR count). The van der Waals surface area contributed by atoms with Crippen molar-refractivity contribution in [2.75, 3.05) is 0 Å². The van der Waals surface area contributed by atoms with Gasteiger partial charge in [0.15, 0.2) is 6.04 Å². The van der Waals surface area contributed by atoms with Gasteiger partial charge in [-0.05, 0) is 38.5 Å². The fourth-order valence-corrected chi connectivity index (χ4v) is 1.63. The van der Waals surface area contributed by atoms with Crippen molar-refractivity contribution in [2.24, 2.45) is 0 Å².